The zero-order chi connectivity index (χ0) is 18.9. The minimum atomic E-state index is -0.472. The average molecular weight is 394 g/mol. The maximum Gasteiger partial charge on any atom is 0.321 e. The molecular formula is C17H23N5O2S2. The highest BCUT2D eigenvalue weighted by Gasteiger charge is 2.12. The Hall–Kier alpha value is -2.13. The molecule has 2 rings (SSSR count). The molecule has 3 amide bonds. The van der Waals surface area contributed by atoms with Gasteiger partial charge in [0.25, 0.3) is 0 Å². The number of thioether (sulfide) groups is 1. The maximum absolute atomic E-state index is 11.8. The van der Waals surface area contributed by atoms with E-state index in [9.17, 15) is 9.59 Å². The molecule has 0 bridgehead atoms. The number of benzene rings is 1. The predicted octanol–water partition coefficient (Wildman–Crippen LogP) is 3.56. The standard InChI is InChI=1S/C17H23N5O2S2/c1-4-11(3)18-15(24)20-14(23)10-25-17-22-21-16(26-17)19-13-8-6-12(5-2)7-9-13/h6-9,11H,4-5,10H2,1-3H3,(H,19,21)(H2,18,20,23,24). The highest BCUT2D eigenvalue weighted by molar-refractivity contribution is 8.01. The molecule has 3 N–H and O–H groups in total. The number of aromatic nitrogens is 2. The van der Waals surface area contributed by atoms with Gasteiger partial charge in [0, 0.05) is 11.7 Å². The van der Waals surface area contributed by atoms with Gasteiger partial charge < -0.3 is 10.6 Å². The van der Waals surface area contributed by atoms with E-state index >= 15 is 0 Å². The van der Waals surface area contributed by atoms with Gasteiger partial charge >= 0.3 is 6.03 Å². The highest BCUT2D eigenvalue weighted by Crippen LogP contribution is 2.27. The van der Waals surface area contributed by atoms with Crippen molar-refractivity contribution in [1.82, 2.24) is 20.8 Å². The zero-order valence-electron chi connectivity index (χ0n) is 15.0. The molecule has 26 heavy (non-hydrogen) atoms. The molecule has 1 unspecified atom stereocenters. The first-order valence-electron chi connectivity index (χ1n) is 8.42. The number of carbonyl (C=O) groups excluding carboxylic acids is 2. The van der Waals surface area contributed by atoms with Crippen LogP contribution in [0.2, 0.25) is 0 Å². The van der Waals surface area contributed by atoms with Crippen LogP contribution in [0.5, 0.6) is 0 Å². The van der Waals surface area contributed by atoms with Crippen molar-refractivity contribution in [3.05, 3.63) is 29.8 Å². The Morgan fingerprint density at radius 1 is 1.19 bits per heavy atom. The van der Waals surface area contributed by atoms with Crippen molar-refractivity contribution in [3.8, 4) is 0 Å². The van der Waals surface area contributed by atoms with E-state index in [1.165, 1.54) is 28.7 Å². The van der Waals surface area contributed by atoms with Crippen molar-refractivity contribution in [2.75, 3.05) is 11.1 Å². The monoisotopic (exact) mass is 393 g/mol. The Bertz CT molecular complexity index is 733. The summed E-state index contributed by atoms with van der Waals surface area (Å²) in [5.74, 6) is -0.260. The van der Waals surface area contributed by atoms with Crippen molar-refractivity contribution < 1.29 is 9.59 Å². The second-order valence-corrected chi connectivity index (χ2v) is 7.87. The van der Waals surface area contributed by atoms with Gasteiger partial charge in [-0.2, -0.15) is 0 Å². The second-order valence-electron chi connectivity index (χ2n) is 5.67. The first-order valence-corrected chi connectivity index (χ1v) is 10.2. The third kappa shape index (κ3) is 6.64. The topological polar surface area (TPSA) is 96.0 Å². The number of hydrogen-bond acceptors (Lipinski definition) is 7. The molecule has 9 heteroatoms. The fraction of sp³-hybridized carbons (Fsp3) is 0.412. The number of imide groups is 1. The van der Waals surface area contributed by atoms with Crippen molar-refractivity contribution in [2.24, 2.45) is 0 Å². The minimum Gasteiger partial charge on any atom is -0.335 e. The van der Waals surface area contributed by atoms with Gasteiger partial charge in [-0.3, -0.25) is 10.1 Å². The first kappa shape index (κ1) is 20.2. The van der Waals surface area contributed by atoms with Crippen LogP contribution in [0.25, 0.3) is 0 Å². The zero-order valence-corrected chi connectivity index (χ0v) is 16.7. The van der Waals surface area contributed by atoms with Gasteiger partial charge in [0.1, 0.15) is 0 Å². The molecule has 1 heterocycles. The van der Waals surface area contributed by atoms with E-state index in [1.54, 1.807) is 0 Å². The summed E-state index contributed by atoms with van der Waals surface area (Å²) in [6, 6.07) is 7.67. The van der Waals surface area contributed by atoms with Crippen LogP contribution in [-0.2, 0) is 11.2 Å². The van der Waals surface area contributed by atoms with Crippen LogP contribution in [0.4, 0.5) is 15.6 Å². The lowest BCUT2D eigenvalue weighted by Crippen LogP contribution is -2.43. The van der Waals surface area contributed by atoms with E-state index in [0.717, 1.165) is 18.5 Å². The Labute approximate surface area is 161 Å². The molecular weight excluding hydrogens is 370 g/mol. The molecule has 0 saturated heterocycles. The quantitative estimate of drug-likeness (QED) is 0.594. The van der Waals surface area contributed by atoms with Crippen molar-refractivity contribution in [1.29, 1.82) is 0 Å². The van der Waals surface area contributed by atoms with Crippen LogP contribution in [0.3, 0.4) is 0 Å². The Morgan fingerprint density at radius 2 is 1.92 bits per heavy atom. The Kier molecular flexibility index (Phi) is 7.86. The van der Waals surface area contributed by atoms with Crippen molar-refractivity contribution in [3.63, 3.8) is 0 Å². The summed E-state index contributed by atoms with van der Waals surface area (Å²) in [6.07, 6.45) is 1.80. The maximum atomic E-state index is 11.8. The molecule has 0 aliphatic rings. The number of aryl methyl sites for hydroxylation is 1. The molecule has 0 radical (unpaired) electrons. The van der Waals surface area contributed by atoms with E-state index in [2.05, 4.69) is 45.2 Å². The van der Waals surface area contributed by atoms with Crippen LogP contribution in [0.1, 0.15) is 32.8 Å². The van der Waals surface area contributed by atoms with E-state index < -0.39 is 6.03 Å². The number of carbonyl (C=O) groups is 2. The molecule has 0 aliphatic heterocycles. The van der Waals surface area contributed by atoms with E-state index in [4.69, 9.17) is 0 Å². The van der Waals surface area contributed by atoms with Crippen LogP contribution in [0, 0.1) is 0 Å². The molecule has 7 nitrogen and oxygen atoms in total. The highest BCUT2D eigenvalue weighted by atomic mass is 32.2. The second kappa shape index (κ2) is 10.1. The van der Waals surface area contributed by atoms with Crippen LogP contribution < -0.4 is 16.0 Å². The third-order valence-corrected chi connectivity index (χ3v) is 5.56. The smallest absolute Gasteiger partial charge is 0.321 e. The first-order chi connectivity index (χ1) is 12.5. The van der Waals surface area contributed by atoms with Gasteiger partial charge in [-0.1, -0.05) is 49.1 Å². The van der Waals surface area contributed by atoms with Gasteiger partial charge in [0.15, 0.2) is 4.34 Å². The summed E-state index contributed by atoms with van der Waals surface area (Å²) in [6.45, 7) is 5.95. The van der Waals surface area contributed by atoms with Gasteiger partial charge in [0.2, 0.25) is 11.0 Å². The average Bonchev–Trinajstić information content (AvgIpc) is 3.07. The molecule has 0 aliphatic carbocycles. The third-order valence-electron chi connectivity index (χ3n) is 3.59. The van der Waals surface area contributed by atoms with E-state index in [0.29, 0.717) is 9.47 Å². The van der Waals surface area contributed by atoms with Crippen LogP contribution >= 0.6 is 23.1 Å². The summed E-state index contributed by atoms with van der Waals surface area (Å²) in [5, 5.41) is 17.0. The predicted molar refractivity (Wildman–Crippen MR) is 106 cm³/mol. The number of nitrogens with zero attached hydrogens (tertiary/aromatic N) is 2. The van der Waals surface area contributed by atoms with Crippen molar-refractivity contribution in [2.45, 2.75) is 44.0 Å². The fourth-order valence-corrected chi connectivity index (χ4v) is 3.49. The number of anilines is 2. The molecule has 1 aromatic heterocycles. The van der Waals surface area contributed by atoms with E-state index in [-0.39, 0.29) is 17.7 Å². The molecule has 1 aromatic carbocycles. The number of nitrogens with one attached hydrogen (secondary N) is 3. The molecule has 0 spiro atoms. The number of rotatable bonds is 8. The Morgan fingerprint density at radius 3 is 2.58 bits per heavy atom. The molecule has 0 saturated carbocycles. The molecule has 2 aromatic rings. The molecule has 0 fully saturated rings. The minimum absolute atomic E-state index is 0.0265. The van der Waals surface area contributed by atoms with Gasteiger partial charge in [-0.25, -0.2) is 4.79 Å². The number of amides is 3. The number of hydrogen-bond donors (Lipinski definition) is 3. The lowest BCUT2D eigenvalue weighted by molar-refractivity contribution is -0.117. The number of urea groups is 1. The SMILES string of the molecule is CCc1ccc(Nc2nnc(SCC(=O)NC(=O)NC(C)CC)s2)cc1. The summed E-state index contributed by atoms with van der Waals surface area (Å²) < 4.78 is 0.662. The van der Waals surface area contributed by atoms with E-state index in [1.807, 2.05) is 26.0 Å². The summed E-state index contributed by atoms with van der Waals surface area (Å²) in [4.78, 5) is 23.4. The molecule has 140 valence electrons. The van der Waals surface area contributed by atoms with Gasteiger partial charge in [-0.15, -0.1) is 10.2 Å². The van der Waals surface area contributed by atoms with Crippen LogP contribution in [0.15, 0.2) is 28.6 Å². The molecule has 1 atom stereocenters. The van der Waals surface area contributed by atoms with Crippen LogP contribution in [-0.4, -0.2) is 33.9 Å². The largest absolute Gasteiger partial charge is 0.335 e. The lowest BCUT2D eigenvalue weighted by atomic mass is 10.1. The van der Waals surface area contributed by atoms with Gasteiger partial charge in [-0.05, 0) is 37.5 Å². The fourth-order valence-electron chi connectivity index (χ4n) is 1.92. The summed E-state index contributed by atoms with van der Waals surface area (Å²) >= 11 is 2.61. The summed E-state index contributed by atoms with van der Waals surface area (Å²) in [5.41, 5.74) is 2.21. The summed E-state index contributed by atoms with van der Waals surface area (Å²) in [7, 11) is 0. The normalized spacial score (nSPS) is 11.7. The Balaban J connectivity index is 1.78. The van der Waals surface area contributed by atoms with Gasteiger partial charge in [0.05, 0.1) is 5.75 Å². The lowest BCUT2D eigenvalue weighted by Gasteiger charge is -2.11. The van der Waals surface area contributed by atoms with Crippen molar-refractivity contribution >= 4 is 45.9 Å².